The van der Waals surface area contributed by atoms with Crippen molar-refractivity contribution >= 4 is 82.6 Å². The second-order valence-corrected chi connectivity index (χ2v) is 22.8. The van der Waals surface area contributed by atoms with Crippen molar-refractivity contribution in [1.29, 1.82) is 0 Å². The summed E-state index contributed by atoms with van der Waals surface area (Å²) < 4.78 is 0.891. The number of anilines is 7. The van der Waals surface area contributed by atoms with Crippen molar-refractivity contribution in [2.24, 2.45) is 11.8 Å². The van der Waals surface area contributed by atoms with E-state index in [9.17, 15) is 0 Å². The van der Waals surface area contributed by atoms with Crippen LogP contribution < -0.4 is 14.7 Å². The fourth-order valence-electron chi connectivity index (χ4n) is 11.3. The number of fused-ring (bicyclic) bond motifs is 2. The van der Waals surface area contributed by atoms with Crippen molar-refractivity contribution < 1.29 is 20.1 Å². The molecule has 0 N–H and O–H groups in total. The van der Waals surface area contributed by atoms with Crippen LogP contribution in [0.5, 0.6) is 0 Å². The van der Waals surface area contributed by atoms with Crippen LogP contribution in [0.15, 0.2) is 182 Å². The van der Waals surface area contributed by atoms with Gasteiger partial charge in [0.1, 0.15) is 0 Å². The van der Waals surface area contributed by atoms with Crippen LogP contribution >= 0.6 is 22.7 Å². The van der Waals surface area contributed by atoms with Crippen LogP contribution in [0.3, 0.4) is 0 Å². The van der Waals surface area contributed by atoms with Gasteiger partial charge in [0.2, 0.25) is 0 Å². The number of allylic oxidation sites excluding steroid dienone is 1. The van der Waals surface area contributed by atoms with Crippen LogP contribution in [0, 0.1) is 11.8 Å². The molecule has 0 radical (unpaired) electrons. The summed E-state index contributed by atoms with van der Waals surface area (Å²) in [6.45, 7) is 10.1. The van der Waals surface area contributed by atoms with Gasteiger partial charge in [0.25, 0.3) is 0 Å². The Balaban J connectivity index is 1.09. The van der Waals surface area contributed by atoms with Gasteiger partial charge in [0, 0.05) is 0 Å². The number of carbonyl (C=O) groups excluding carboxylic acids is 1. The number of unbranched alkanes of at least 4 members (excludes halogenated alkanes) is 2. The number of para-hydroxylation sites is 4. The number of Topliss-reactive ketones (excluding diaryl/α,β-unsaturated/α-hetero) is 1. The molecule has 0 bridgehead atoms. The van der Waals surface area contributed by atoms with Crippen LogP contribution in [0.4, 0.5) is 38.4 Å². The summed E-state index contributed by atoms with van der Waals surface area (Å²) in [7, 11) is 0. The molecule has 2 aromatic heterocycles. The third kappa shape index (κ3) is 11.0. The summed E-state index contributed by atoms with van der Waals surface area (Å²) in [5.74, 6) is 1.58. The maximum absolute atomic E-state index is 15.3. The number of hydrogen-bond acceptors (Lipinski definition) is 6. The van der Waals surface area contributed by atoms with Gasteiger partial charge in [-0.2, -0.15) is 0 Å². The van der Waals surface area contributed by atoms with E-state index >= 15 is 4.79 Å². The molecule has 3 heterocycles. The van der Waals surface area contributed by atoms with E-state index in [-0.39, 0.29) is 11.7 Å². The zero-order chi connectivity index (χ0) is 51.0. The van der Waals surface area contributed by atoms with Crippen molar-refractivity contribution in [1.82, 2.24) is 0 Å². The summed E-state index contributed by atoms with van der Waals surface area (Å²) in [6, 6.07) is 65.7. The Morgan fingerprint density at radius 2 is 1.03 bits per heavy atom. The predicted octanol–water partition coefficient (Wildman–Crippen LogP) is 19.8. The first-order chi connectivity index (χ1) is 36.4. The van der Waals surface area contributed by atoms with E-state index < -0.39 is 0 Å². The molecule has 1 aliphatic carbocycles. The van der Waals surface area contributed by atoms with Crippen molar-refractivity contribution in [3.63, 3.8) is 0 Å². The average molecular weight is 1060 g/mol. The number of ketones is 1. The van der Waals surface area contributed by atoms with Crippen LogP contribution in [0.1, 0.15) is 121 Å². The van der Waals surface area contributed by atoms with E-state index in [1.54, 1.807) is 0 Å². The standard InChI is InChI=1S/C67H69N3OS2.Co/c1-5-9-23-48(7-3)43-50-35-38-62(71)67(58-37-34-51(44-59(50)58)63-39-41-65(72-63)69(53-25-15-11-16-26-53)54-27-17-12-18-28-54)60-47-68(46-49(8-4)24-10-6-2)61-45-52(33-36-57(60)61)64-40-42-66(73-64)70(55-29-19-13-20-30-55)56-31-21-14-22-32-56;/h11-22,25-34,36-37,39-42,44-45,48-50H,5-10,23-24,35,38,43,46H2,1-4H3;/b67-60-;. The number of hydrogen-bond donors (Lipinski definition) is 0. The topological polar surface area (TPSA) is 26.8 Å². The minimum absolute atomic E-state index is 0.225. The minimum atomic E-state index is 0.225. The molecule has 0 amide bonds. The van der Waals surface area contributed by atoms with Gasteiger partial charge in [-0.25, -0.2) is 0 Å². The molecule has 379 valence electrons. The van der Waals surface area contributed by atoms with Crippen molar-refractivity contribution in [2.45, 2.75) is 104 Å². The van der Waals surface area contributed by atoms with E-state index in [4.69, 9.17) is 15.3 Å². The molecule has 8 aromatic rings. The van der Waals surface area contributed by atoms with Crippen molar-refractivity contribution in [3.8, 4) is 20.9 Å². The molecule has 0 saturated carbocycles. The van der Waals surface area contributed by atoms with E-state index in [0.717, 1.165) is 104 Å². The summed E-state index contributed by atoms with van der Waals surface area (Å²) in [5.41, 5.74) is 13.3. The Kier molecular flexibility index (Phi) is 16.7. The van der Waals surface area contributed by atoms with Crippen molar-refractivity contribution in [2.75, 3.05) is 21.2 Å². The van der Waals surface area contributed by atoms with Crippen LogP contribution in [0.2, 0.25) is 0 Å². The molecule has 2 aliphatic rings. The molecule has 3 unspecified atom stereocenters. The molecule has 10 rings (SSSR count). The predicted molar refractivity (Wildman–Crippen MR) is 316 cm³/mol. The van der Waals surface area contributed by atoms with Gasteiger partial charge in [-0.05, 0) is 24.3 Å². The van der Waals surface area contributed by atoms with E-state index in [0.29, 0.717) is 18.3 Å². The Morgan fingerprint density at radius 3 is 1.51 bits per heavy atom. The Bertz CT molecular complexity index is 3120. The Labute approximate surface area is 456 Å². The number of benzene rings is 6. The number of thiophene rings is 2. The van der Waals surface area contributed by atoms with Gasteiger partial charge >= 0.3 is 387 Å². The van der Waals surface area contributed by atoms with E-state index in [1.165, 1.54) is 58.5 Å². The number of rotatable bonds is 20. The first kappa shape index (κ1) is 51.4. The quantitative estimate of drug-likeness (QED) is 0.0561. The Hall–Kier alpha value is -6.09. The molecule has 0 fully saturated rings. The van der Waals surface area contributed by atoms with Crippen LogP contribution in [-0.4, -0.2) is 16.9 Å². The first-order valence-electron chi connectivity index (χ1n) is 27.2. The molecule has 74 heavy (non-hydrogen) atoms. The van der Waals surface area contributed by atoms with Crippen molar-refractivity contribution in [3.05, 3.63) is 199 Å². The molecular formula is C67H69CoN3OS2. The van der Waals surface area contributed by atoms with Gasteiger partial charge in [-0.3, -0.25) is 0 Å². The normalized spacial score (nSPS) is 16.2. The van der Waals surface area contributed by atoms with Crippen LogP contribution in [0.25, 0.3) is 32.0 Å². The fourth-order valence-corrected chi connectivity index (χ4v) is 13.9. The van der Waals surface area contributed by atoms with E-state index in [1.807, 2.05) is 22.7 Å². The molecule has 0 spiro atoms. The van der Waals surface area contributed by atoms with Gasteiger partial charge in [-0.1, -0.05) is 48.5 Å². The average Bonchev–Trinajstić information content (AvgIpc) is 4.18. The van der Waals surface area contributed by atoms with E-state index in [2.05, 4.69) is 224 Å². The second-order valence-electron chi connectivity index (χ2n) is 20.2. The first-order valence-corrected chi connectivity index (χ1v) is 29.4. The van der Waals surface area contributed by atoms with Gasteiger partial charge in [0.05, 0.1) is 0 Å². The molecule has 6 aromatic carbocycles. The monoisotopic (exact) mass is 1050 g/mol. The summed E-state index contributed by atoms with van der Waals surface area (Å²) in [4.78, 5) is 24.9. The zero-order valence-corrected chi connectivity index (χ0v) is 46.1. The SMILES string of the molecule is CCCCC(CC)CC1CCC(=O)/C(=C2/[C](=[Co])N(CC(CC)CCCC)c3cc(-c4ccc(N(c5ccccc5)c5ccccc5)s4)ccc32)c2ccc(-c3ccc(N(c4ccccc4)c4ccccc4)s3)cc21. The van der Waals surface area contributed by atoms with Gasteiger partial charge < -0.3 is 0 Å². The van der Waals surface area contributed by atoms with Crippen LogP contribution in [-0.2, 0) is 20.1 Å². The third-order valence-electron chi connectivity index (χ3n) is 15.4. The van der Waals surface area contributed by atoms with Gasteiger partial charge in [-0.15, -0.1) is 0 Å². The summed E-state index contributed by atoms with van der Waals surface area (Å²) >= 11 is 9.27. The molecule has 1 aliphatic heterocycles. The molecular weight excluding hydrogens is 986 g/mol. The molecule has 7 heteroatoms. The Morgan fingerprint density at radius 1 is 0.554 bits per heavy atom. The summed E-state index contributed by atoms with van der Waals surface area (Å²) in [5, 5.41) is 2.32. The third-order valence-corrected chi connectivity index (χ3v) is 18.2. The molecule has 4 nitrogen and oxygen atoms in total. The summed E-state index contributed by atoms with van der Waals surface area (Å²) in [6.07, 6.45) is 11.9. The fraction of sp³-hybridized carbons (Fsp3) is 0.284. The molecule has 0 saturated heterocycles. The number of carbonyl (C=O) groups is 1. The zero-order valence-electron chi connectivity index (χ0n) is 43.4. The molecule has 3 atom stereocenters. The number of nitrogens with zero attached hydrogens (tertiary/aromatic N) is 3. The van der Waals surface area contributed by atoms with Gasteiger partial charge in [0.15, 0.2) is 0 Å². The maximum atomic E-state index is 15.3. The second kappa shape index (κ2) is 24.1.